The molecule has 1 rings (SSSR count). The molecule has 2 unspecified atom stereocenters. The molecule has 94 valence electrons. The van der Waals surface area contributed by atoms with Crippen LogP contribution in [0.3, 0.4) is 0 Å². The molecular formula is C8H14O8. The zero-order chi connectivity index (χ0) is 12.7. The first-order valence-electron chi connectivity index (χ1n) is 4.54. The summed E-state index contributed by atoms with van der Waals surface area (Å²) in [6.07, 6.45) is -10.0. The Kier molecular flexibility index (Phi) is 3.53. The summed E-state index contributed by atoms with van der Waals surface area (Å²) in [5.41, 5.74) is 0. The van der Waals surface area contributed by atoms with Crippen molar-refractivity contribution in [3.05, 3.63) is 0 Å². The minimum Gasteiger partial charge on any atom is -0.427 e. The standard InChI is InChI=1S/C8H14O8/c1-2(9)16-8(15)6(13)4(11)3(10)5(12)7(8)14/h3-7,10-15H,1H3/t3?,4-,5+,6-,7-,8?/m1/s1. The van der Waals surface area contributed by atoms with Crippen LogP contribution in [0, 0.1) is 0 Å². The van der Waals surface area contributed by atoms with Crippen molar-refractivity contribution >= 4 is 5.97 Å². The average molecular weight is 238 g/mol. The molecule has 0 heterocycles. The van der Waals surface area contributed by atoms with Crippen LogP contribution in [0.15, 0.2) is 0 Å². The lowest BCUT2D eigenvalue weighted by molar-refractivity contribution is -0.347. The van der Waals surface area contributed by atoms with Crippen LogP contribution in [0.4, 0.5) is 0 Å². The van der Waals surface area contributed by atoms with E-state index in [2.05, 4.69) is 4.74 Å². The number of aliphatic hydroxyl groups excluding tert-OH is 5. The summed E-state index contributed by atoms with van der Waals surface area (Å²) in [7, 11) is 0. The van der Waals surface area contributed by atoms with Gasteiger partial charge in [-0.25, -0.2) is 0 Å². The Morgan fingerprint density at radius 1 is 1.00 bits per heavy atom. The normalized spacial score (nSPS) is 48.8. The molecule has 0 spiro atoms. The van der Waals surface area contributed by atoms with Gasteiger partial charge in [0.15, 0.2) is 12.2 Å². The molecule has 1 fully saturated rings. The third kappa shape index (κ3) is 1.90. The number of hydrogen-bond donors (Lipinski definition) is 6. The van der Waals surface area contributed by atoms with Crippen LogP contribution in [0.5, 0.6) is 0 Å². The topological polar surface area (TPSA) is 148 Å². The lowest BCUT2D eigenvalue weighted by Crippen LogP contribution is -2.72. The summed E-state index contributed by atoms with van der Waals surface area (Å²) in [4.78, 5) is 10.7. The summed E-state index contributed by atoms with van der Waals surface area (Å²) in [5, 5.41) is 56.2. The zero-order valence-corrected chi connectivity index (χ0v) is 8.39. The molecule has 1 aliphatic carbocycles. The third-order valence-corrected chi connectivity index (χ3v) is 2.50. The first-order valence-corrected chi connectivity index (χ1v) is 4.54. The van der Waals surface area contributed by atoms with E-state index in [1.807, 2.05) is 0 Å². The van der Waals surface area contributed by atoms with Gasteiger partial charge in [0.2, 0.25) is 0 Å². The highest BCUT2D eigenvalue weighted by molar-refractivity contribution is 5.66. The number of carbonyl (C=O) groups excluding carboxylic acids is 1. The fraction of sp³-hybridized carbons (Fsp3) is 0.875. The highest BCUT2D eigenvalue weighted by Crippen LogP contribution is 2.31. The number of esters is 1. The third-order valence-electron chi connectivity index (χ3n) is 2.50. The van der Waals surface area contributed by atoms with E-state index >= 15 is 0 Å². The molecule has 6 N–H and O–H groups in total. The fourth-order valence-corrected chi connectivity index (χ4v) is 1.59. The van der Waals surface area contributed by atoms with Crippen molar-refractivity contribution in [3.8, 4) is 0 Å². The smallest absolute Gasteiger partial charge is 0.305 e. The first kappa shape index (κ1) is 13.3. The molecule has 0 bridgehead atoms. The highest BCUT2D eigenvalue weighted by Gasteiger charge is 2.60. The number of rotatable bonds is 1. The monoisotopic (exact) mass is 238 g/mol. The van der Waals surface area contributed by atoms with Crippen LogP contribution < -0.4 is 0 Å². The fourth-order valence-electron chi connectivity index (χ4n) is 1.59. The predicted molar refractivity (Wildman–Crippen MR) is 46.7 cm³/mol. The number of hydrogen-bond acceptors (Lipinski definition) is 8. The molecule has 0 aliphatic heterocycles. The van der Waals surface area contributed by atoms with Crippen LogP contribution in [-0.4, -0.2) is 72.9 Å². The van der Waals surface area contributed by atoms with Crippen LogP contribution in [-0.2, 0) is 9.53 Å². The SMILES string of the molecule is CC(=O)OC1(O)[C@H](O)[C@H](O)C(O)[C@H](O)[C@H]1O. The van der Waals surface area contributed by atoms with E-state index in [9.17, 15) is 35.4 Å². The lowest BCUT2D eigenvalue weighted by atomic mass is 9.82. The minimum atomic E-state index is -2.86. The molecule has 8 nitrogen and oxygen atoms in total. The van der Waals surface area contributed by atoms with E-state index in [0.29, 0.717) is 0 Å². The molecule has 0 saturated heterocycles. The molecule has 0 aromatic carbocycles. The van der Waals surface area contributed by atoms with Crippen molar-refractivity contribution in [2.45, 2.75) is 43.2 Å². The van der Waals surface area contributed by atoms with Gasteiger partial charge in [0.05, 0.1) is 0 Å². The molecule has 16 heavy (non-hydrogen) atoms. The number of carbonyl (C=O) groups is 1. The summed E-state index contributed by atoms with van der Waals surface area (Å²) in [6, 6.07) is 0. The number of ether oxygens (including phenoxy) is 1. The molecule has 1 saturated carbocycles. The maximum absolute atomic E-state index is 10.7. The second-order valence-electron chi connectivity index (χ2n) is 3.71. The van der Waals surface area contributed by atoms with E-state index in [-0.39, 0.29) is 0 Å². The maximum atomic E-state index is 10.7. The van der Waals surface area contributed by atoms with E-state index in [4.69, 9.17) is 0 Å². The van der Waals surface area contributed by atoms with Crippen molar-refractivity contribution in [3.63, 3.8) is 0 Å². The Hall–Kier alpha value is -0.770. The Balaban J connectivity index is 3.02. The van der Waals surface area contributed by atoms with Gasteiger partial charge in [0.25, 0.3) is 5.79 Å². The van der Waals surface area contributed by atoms with Crippen molar-refractivity contribution in [1.29, 1.82) is 0 Å². The Labute approximate surface area is 90.3 Å². The summed E-state index contributed by atoms with van der Waals surface area (Å²) >= 11 is 0. The molecule has 1 aliphatic rings. The van der Waals surface area contributed by atoms with Gasteiger partial charge in [-0.05, 0) is 0 Å². The van der Waals surface area contributed by atoms with Crippen LogP contribution in [0.2, 0.25) is 0 Å². The minimum absolute atomic E-state index is 0.904. The largest absolute Gasteiger partial charge is 0.427 e. The Morgan fingerprint density at radius 3 is 1.69 bits per heavy atom. The van der Waals surface area contributed by atoms with Crippen LogP contribution >= 0.6 is 0 Å². The Bertz CT molecular complexity index is 263. The van der Waals surface area contributed by atoms with Gasteiger partial charge < -0.3 is 35.4 Å². The van der Waals surface area contributed by atoms with E-state index < -0.39 is 42.3 Å². The zero-order valence-electron chi connectivity index (χ0n) is 8.39. The van der Waals surface area contributed by atoms with Gasteiger partial charge >= 0.3 is 5.97 Å². The summed E-state index contributed by atoms with van der Waals surface area (Å²) < 4.78 is 4.28. The molecule has 0 aromatic rings. The molecule has 6 atom stereocenters. The first-order chi connectivity index (χ1) is 7.21. The van der Waals surface area contributed by atoms with Crippen molar-refractivity contribution in [2.24, 2.45) is 0 Å². The van der Waals surface area contributed by atoms with Crippen molar-refractivity contribution in [2.75, 3.05) is 0 Å². The van der Waals surface area contributed by atoms with Gasteiger partial charge in [-0.2, -0.15) is 0 Å². The molecule has 0 aromatic heterocycles. The predicted octanol–water partition coefficient (Wildman–Crippen LogP) is -3.94. The number of aliphatic hydroxyl groups is 6. The quantitative estimate of drug-likeness (QED) is 0.200. The second-order valence-corrected chi connectivity index (χ2v) is 3.71. The van der Waals surface area contributed by atoms with Gasteiger partial charge in [0, 0.05) is 6.92 Å². The van der Waals surface area contributed by atoms with E-state index in [1.54, 1.807) is 0 Å². The van der Waals surface area contributed by atoms with Crippen LogP contribution in [0.1, 0.15) is 6.92 Å². The van der Waals surface area contributed by atoms with Gasteiger partial charge in [-0.3, -0.25) is 4.79 Å². The van der Waals surface area contributed by atoms with Gasteiger partial charge in [0.1, 0.15) is 18.3 Å². The van der Waals surface area contributed by atoms with Crippen molar-refractivity contribution in [1.82, 2.24) is 0 Å². The molecule has 0 amide bonds. The van der Waals surface area contributed by atoms with Gasteiger partial charge in [-0.1, -0.05) is 0 Å². The summed E-state index contributed by atoms with van der Waals surface area (Å²) in [6.45, 7) is 0.904. The lowest BCUT2D eigenvalue weighted by Gasteiger charge is -2.46. The average Bonchev–Trinajstić information content (AvgIpc) is 2.21. The maximum Gasteiger partial charge on any atom is 0.305 e. The second kappa shape index (κ2) is 4.24. The van der Waals surface area contributed by atoms with Crippen LogP contribution in [0.25, 0.3) is 0 Å². The van der Waals surface area contributed by atoms with E-state index in [1.165, 1.54) is 0 Å². The Morgan fingerprint density at radius 2 is 1.38 bits per heavy atom. The highest BCUT2D eigenvalue weighted by atomic mass is 16.7. The molecule has 8 heteroatoms. The van der Waals surface area contributed by atoms with Crippen molar-refractivity contribution < 1.29 is 40.2 Å². The summed E-state index contributed by atoms with van der Waals surface area (Å²) in [5.74, 6) is -3.89. The van der Waals surface area contributed by atoms with E-state index in [0.717, 1.165) is 6.92 Å². The van der Waals surface area contributed by atoms with Gasteiger partial charge in [-0.15, -0.1) is 0 Å². The molecular weight excluding hydrogens is 224 g/mol. The molecule has 0 radical (unpaired) electrons.